The summed E-state index contributed by atoms with van der Waals surface area (Å²) in [6, 6.07) is 8.60. The number of imidazole rings is 1. The van der Waals surface area contributed by atoms with Crippen LogP contribution in [-0.2, 0) is 13.1 Å². The van der Waals surface area contributed by atoms with Crippen LogP contribution in [0.4, 0.5) is 4.79 Å². The lowest BCUT2D eigenvalue weighted by molar-refractivity contribution is 0.228. The van der Waals surface area contributed by atoms with Crippen LogP contribution in [0.25, 0.3) is 0 Å². The minimum absolute atomic E-state index is 0.0598. The molecule has 5 nitrogen and oxygen atoms in total. The second kappa shape index (κ2) is 8.19. The fourth-order valence-electron chi connectivity index (χ4n) is 3.43. The molecule has 0 saturated heterocycles. The zero-order chi connectivity index (χ0) is 17.6. The Morgan fingerprint density at radius 2 is 2.00 bits per heavy atom. The zero-order valence-electron chi connectivity index (χ0n) is 15.2. The quantitative estimate of drug-likeness (QED) is 0.873. The van der Waals surface area contributed by atoms with Crippen molar-refractivity contribution in [3.8, 4) is 0 Å². The van der Waals surface area contributed by atoms with Crippen molar-refractivity contribution in [3.63, 3.8) is 0 Å². The molecule has 1 saturated carbocycles. The van der Waals surface area contributed by atoms with Gasteiger partial charge in [0.2, 0.25) is 0 Å². The Balaban J connectivity index is 1.48. The summed E-state index contributed by atoms with van der Waals surface area (Å²) in [4.78, 5) is 16.4. The van der Waals surface area contributed by atoms with E-state index in [9.17, 15) is 4.79 Å². The van der Waals surface area contributed by atoms with Crippen molar-refractivity contribution in [3.05, 3.63) is 53.6 Å². The highest BCUT2D eigenvalue weighted by molar-refractivity contribution is 5.74. The van der Waals surface area contributed by atoms with Crippen LogP contribution < -0.4 is 10.6 Å². The van der Waals surface area contributed by atoms with Gasteiger partial charge in [0.1, 0.15) is 5.82 Å². The molecule has 0 bridgehead atoms. The highest BCUT2D eigenvalue weighted by Gasteiger charge is 2.19. The first-order chi connectivity index (χ1) is 12.1. The Bertz CT molecular complexity index is 701. The molecule has 2 N–H and O–H groups in total. The predicted molar refractivity (Wildman–Crippen MR) is 99.3 cm³/mol. The van der Waals surface area contributed by atoms with Crippen LogP contribution in [0.2, 0.25) is 0 Å². The molecule has 5 heteroatoms. The number of benzene rings is 1. The van der Waals surface area contributed by atoms with Gasteiger partial charge in [-0.3, -0.25) is 0 Å². The summed E-state index contributed by atoms with van der Waals surface area (Å²) in [6.07, 6.45) is 8.40. The second-order valence-electron chi connectivity index (χ2n) is 7.21. The molecular formula is C20H28N4O. The molecule has 1 aromatic heterocycles. The lowest BCUT2D eigenvalue weighted by Gasteiger charge is -2.26. The molecule has 0 radical (unpaired) electrons. The third kappa shape index (κ3) is 5.08. The minimum atomic E-state index is -0.0598. The molecule has 2 aromatic rings. The number of aromatic nitrogens is 2. The van der Waals surface area contributed by atoms with E-state index in [-0.39, 0.29) is 6.03 Å². The van der Waals surface area contributed by atoms with Crippen molar-refractivity contribution in [2.45, 2.75) is 58.7 Å². The fourth-order valence-corrected chi connectivity index (χ4v) is 3.43. The summed E-state index contributed by atoms with van der Waals surface area (Å²) in [7, 11) is 0. The van der Waals surface area contributed by atoms with Gasteiger partial charge in [-0.2, -0.15) is 0 Å². The molecule has 3 rings (SSSR count). The Hall–Kier alpha value is -2.30. The number of hydrogen-bond acceptors (Lipinski definition) is 2. The first-order valence-corrected chi connectivity index (χ1v) is 9.20. The van der Waals surface area contributed by atoms with E-state index in [1.54, 1.807) is 0 Å². The van der Waals surface area contributed by atoms with Crippen molar-refractivity contribution in [2.75, 3.05) is 0 Å². The summed E-state index contributed by atoms with van der Waals surface area (Å²) in [5.74, 6) is 1.80. The van der Waals surface area contributed by atoms with E-state index in [4.69, 9.17) is 0 Å². The van der Waals surface area contributed by atoms with Crippen LogP contribution in [0, 0.1) is 12.8 Å². The number of urea groups is 1. The number of carbonyl (C=O) groups excluding carboxylic acids is 1. The lowest BCUT2D eigenvalue weighted by Crippen LogP contribution is -2.43. The fraction of sp³-hybridized carbons (Fsp3) is 0.500. The first-order valence-electron chi connectivity index (χ1n) is 9.20. The van der Waals surface area contributed by atoms with Gasteiger partial charge >= 0.3 is 6.03 Å². The van der Waals surface area contributed by atoms with Crippen molar-refractivity contribution in [1.82, 2.24) is 20.2 Å². The predicted octanol–water partition coefficient (Wildman–Crippen LogP) is 3.62. The van der Waals surface area contributed by atoms with Gasteiger partial charge in [0.25, 0.3) is 0 Å². The third-order valence-corrected chi connectivity index (χ3v) is 5.07. The standard InChI is InChI=1S/C20H28N4O/c1-15-6-8-19(9-7-15)23-20(25)22-13-17-4-3-5-18(12-17)14-24-11-10-21-16(24)2/h3-5,10-12,15,19H,6-9,13-14H2,1-2H3,(H2,22,23,25). The summed E-state index contributed by atoms with van der Waals surface area (Å²) in [5.41, 5.74) is 2.32. The van der Waals surface area contributed by atoms with E-state index in [0.29, 0.717) is 12.6 Å². The maximum Gasteiger partial charge on any atom is 0.315 e. The summed E-state index contributed by atoms with van der Waals surface area (Å²) < 4.78 is 2.11. The van der Waals surface area contributed by atoms with Gasteiger partial charge in [0.05, 0.1) is 0 Å². The highest BCUT2D eigenvalue weighted by atomic mass is 16.2. The SMILES string of the molecule is Cc1nccn1Cc1cccc(CNC(=O)NC2CCC(C)CC2)c1. The Morgan fingerprint density at radius 3 is 2.72 bits per heavy atom. The molecule has 25 heavy (non-hydrogen) atoms. The van der Waals surface area contributed by atoms with E-state index in [1.807, 2.05) is 31.5 Å². The number of hydrogen-bond donors (Lipinski definition) is 2. The third-order valence-electron chi connectivity index (χ3n) is 5.07. The normalized spacial score (nSPS) is 20.2. The smallest absolute Gasteiger partial charge is 0.315 e. The molecule has 1 aliphatic rings. The zero-order valence-corrected chi connectivity index (χ0v) is 15.2. The topological polar surface area (TPSA) is 59.0 Å². The molecular weight excluding hydrogens is 312 g/mol. The van der Waals surface area contributed by atoms with Gasteiger partial charge < -0.3 is 15.2 Å². The van der Waals surface area contributed by atoms with Crippen molar-refractivity contribution in [2.24, 2.45) is 5.92 Å². The number of nitrogens with one attached hydrogen (secondary N) is 2. The summed E-state index contributed by atoms with van der Waals surface area (Å²) >= 11 is 0. The van der Waals surface area contributed by atoms with E-state index < -0.39 is 0 Å². The van der Waals surface area contributed by atoms with E-state index in [0.717, 1.165) is 36.7 Å². The van der Waals surface area contributed by atoms with Crippen molar-refractivity contribution >= 4 is 6.03 Å². The van der Waals surface area contributed by atoms with Gasteiger partial charge in [-0.05, 0) is 49.7 Å². The molecule has 0 spiro atoms. The van der Waals surface area contributed by atoms with Gasteiger partial charge in [0.15, 0.2) is 0 Å². The van der Waals surface area contributed by atoms with Gasteiger partial charge in [0, 0.05) is 31.5 Å². The average Bonchev–Trinajstić information content (AvgIpc) is 3.00. The number of nitrogens with zero attached hydrogens (tertiary/aromatic N) is 2. The van der Waals surface area contributed by atoms with Crippen molar-refractivity contribution in [1.29, 1.82) is 0 Å². The number of amides is 2. The first kappa shape index (κ1) is 17.5. The van der Waals surface area contributed by atoms with Crippen molar-refractivity contribution < 1.29 is 4.79 Å². The molecule has 0 aliphatic heterocycles. The summed E-state index contributed by atoms with van der Waals surface area (Å²) in [5, 5.41) is 6.09. The van der Waals surface area contributed by atoms with Crippen LogP contribution >= 0.6 is 0 Å². The monoisotopic (exact) mass is 340 g/mol. The van der Waals surface area contributed by atoms with Gasteiger partial charge in [-0.15, -0.1) is 0 Å². The van der Waals surface area contributed by atoms with E-state index in [2.05, 4.69) is 39.2 Å². The average molecular weight is 340 g/mol. The lowest BCUT2D eigenvalue weighted by atomic mass is 9.87. The Kier molecular flexibility index (Phi) is 5.74. The van der Waals surface area contributed by atoms with Crippen LogP contribution in [-0.4, -0.2) is 21.6 Å². The van der Waals surface area contributed by atoms with Crippen LogP contribution in [0.3, 0.4) is 0 Å². The van der Waals surface area contributed by atoms with E-state index >= 15 is 0 Å². The molecule has 0 unspecified atom stereocenters. The molecule has 134 valence electrons. The second-order valence-corrected chi connectivity index (χ2v) is 7.21. The van der Waals surface area contributed by atoms with Crippen LogP contribution in [0.1, 0.15) is 49.6 Å². The molecule has 1 aliphatic carbocycles. The van der Waals surface area contributed by atoms with Crippen LogP contribution in [0.5, 0.6) is 0 Å². The van der Waals surface area contributed by atoms with Gasteiger partial charge in [-0.1, -0.05) is 31.2 Å². The minimum Gasteiger partial charge on any atom is -0.335 e. The maximum absolute atomic E-state index is 12.1. The Morgan fingerprint density at radius 1 is 1.24 bits per heavy atom. The number of aryl methyl sites for hydroxylation is 1. The Labute approximate surface area is 149 Å². The van der Waals surface area contributed by atoms with Gasteiger partial charge in [-0.25, -0.2) is 9.78 Å². The number of rotatable bonds is 5. The molecule has 2 amide bonds. The van der Waals surface area contributed by atoms with Crippen LogP contribution in [0.15, 0.2) is 36.7 Å². The molecule has 1 heterocycles. The molecule has 1 fully saturated rings. The molecule has 0 atom stereocenters. The maximum atomic E-state index is 12.1. The number of carbonyl (C=O) groups is 1. The molecule has 1 aromatic carbocycles. The summed E-state index contributed by atoms with van der Waals surface area (Å²) in [6.45, 7) is 5.63. The largest absolute Gasteiger partial charge is 0.335 e. The van der Waals surface area contributed by atoms with E-state index in [1.165, 1.54) is 18.4 Å². The highest BCUT2D eigenvalue weighted by Crippen LogP contribution is 2.23.